The highest BCUT2D eigenvalue weighted by atomic mass is 19.4. The van der Waals surface area contributed by atoms with Crippen molar-refractivity contribution in [1.82, 2.24) is 0 Å². The van der Waals surface area contributed by atoms with Gasteiger partial charge in [-0.25, -0.2) is 0 Å². The molecule has 0 aromatic heterocycles. The Hall–Kier alpha value is -1.07. The zero-order valence-corrected chi connectivity index (χ0v) is 8.88. The number of nitrogens with two attached hydrogens (primary N) is 1. The van der Waals surface area contributed by atoms with Gasteiger partial charge in [0.25, 0.3) is 0 Å². The second-order valence-corrected chi connectivity index (χ2v) is 4.14. The summed E-state index contributed by atoms with van der Waals surface area (Å²) in [4.78, 5) is 0. The van der Waals surface area contributed by atoms with E-state index in [1.54, 1.807) is 0 Å². The fourth-order valence-electron chi connectivity index (χ4n) is 1.44. The van der Waals surface area contributed by atoms with Crippen LogP contribution >= 0.6 is 0 Å². The molecule has 1 atom stereocenters. The summed E-state index contributed by atoms with van der Waals surface area (Å²) in [5, 5.41) is 8.94. The quantitative estimate of drug-likeness (QED) is 0.838. The van der Waals surface area contributed by atoms with Crippen molar-refractivity contribution in [3.05, 3.63) is 35.4 Å². The van der Waals surface area contributed by atoms with Gasteiger partial charge in [-0.05, 0) is 25.0 Å². The summed E-state index contributed by atoms with van der Waals surface area (Å²) in [5.41, 5.74) is 4.01. The fourth-order valence-corrected chi connectivity index (χ4v) is 1.44. The lowest BCUT2D eigenvalue weighted by atomic mass is 9.92. The van der Waals surface area contributed by atoms with Crippen molar-refractivity contribution in [2.45, 2.75) is 25.1 Å². The Morgan fingerprint density at radius 3 is 2.31 bits per heavy atom. The summed E-state index contributed by atoms with van der Waals surface area (Å²) in [6.07, 6.45) is -4.40. The molecule has 16 heavy (non-hydrogen) atoms. The van der Waals surface area contributed by atoms with Crippen LogP contribution in [0, 0.1) is 0 Å². The van der Waals surface area contributed by atoms with E-state index < -0.39 is 17.3 Å². The molecule has 1 unspecified atom stereocenters. The zero-order valence-electron chi connectivity index (χ0n) is 8.88. The largest absolute Gasteiger partial charge is 0.416 e. The molecule has 0 radical (unpaired) electrons. The van der Waals surface area contributed by atoms with Gasteiger partial charge in [-0.2, -0.15) is 13.2 Å². The Kier molecular flexibility index (Phi) is 3.60. The predicted octanol–water partition coefficient (Wildman–Crippen LogP) is 1.96. The van der Waals surface area contributed by atoms with Crippen molar-refractivity contribution in [2.75, 3.05) is 6.61 Å². The van der Waals surface area contributed by atoms with Crippen LogP contribution in [-0.4, -0.2) is 17.3 Å². The number of hydrogen-bond donors (Lipinski definition) is 2. The molecular formula is C11H14F3NO. The molecule has 3 N–H and O–H groups in total. The lowest BCUT2D eigenvalue weighted by molar-refractivity contribution is -0.138. The minimum atomic E-state index is -4.39. The van der Waals surface area contributed by atoms with Crippen LogP contribution in [0.1, 0.15) is 18.1 Å². The van der Waals surface area contributed by atoms with E-state index in [0.29, 0.717) is 0 Å². The Bertz CT molecular complexity index is 360. The molecule has 1 aromatic rings. The van der Waals surface area contributed by atoms with Gasteiger partial charge in [-0.3, -0.25) is 0 Å². The maximum atomic E-state index is 12.6. The number of aliphatic hydroxyl groups is 1. The Morgan fingerprint density at radius 1 is 1.25 bits per heavy atom. The third kappa shape index (κ3) is 3.21. The molecular weight excluding hydrogens is 219 g/mol. The smallest absolute Gasteiger partial charge is 0.394 e. The third-order valence-electron chi connectivity index (χ3n) is 2.28. The summed E-state index contributed by atoms with van der Waals surface area (Å²) in [7, 11) is 0. The summed E-state index contributed by atoms with van der Waals surface area (Å²) < 4.78 is 37.9. The lowest BCUT2D eigenvalue weighted by Crippen LogP contribution is -2.42. The minimum absolute atomic E-state index is 0.0147. The normalized spacial score (nSPS) is 15.9. The Labute approximate surface area is 91.9 Å². The summed E-state index contributed by atoms with van der Waals surface area (Å²) >= 11 is 0. The molecule has 5 heteroatoms. The average Bonchev–Trinajstić information content (AvgIpc) is 2.16. The van der Waals surface area contributed by atoms with Crippen LogP contribution in [0.3, 0.4) is 0 Å². The molecule has 1 aromatic carbocycles. The molecule has 0 aliphatic rings. The number of alkyl halides is 3. The van der Waals surface area contributed by atoms with Crippen molar-refractivity contribution < 1.29 is 18.3 Å². The number of halogens is 3. The SMILES string of the molecule is CC(N)(CO)Cc1ccccc1C(F)(F)F. The van der Waals surface area contributed by atoms with E-state index in [1.165, 1.54) is 25.1 Å². The molecule has 0 aliphatic heterocycles. The Balaban J connectivity index is 3.06. The molecule has 0 fully saturated rings. The average molecular weight is 233 g/mol. The summed E-state index contributed by atoms with van der Waals surface area (Å²) in [6.45, 7) is 1.15. The lowest BCUT2D eigenvalue weighted by Gasteiger charge is -2.23. The molecule has 0 saturated carbocycles. The van der Waals surface area contributed by atoms with Crippen LogP contribution in [0.2, 0.25) is 0 Å². The molecule has 0 bridgehead atoms. The number of benzene rings is 1. The topological polar surface area (TPSA) is 46.2 Å². The highest BCUT2D eigenvalue weighted by molar-refractivity contribution is 5.31. The van der Waals surface area contributed by atoms with Crippen LogP contribution in [0.5, 0.6) is 0 Å². The first-order chi connectivity index (χ1) is 7.26. The second-order valence-electron chi connectivity index (χ2n) is 4.14. The standard InChI is InChI=1S/C11H14F3NO/c1-10(15,7-16)6-8-4-2-3-5-9(8)11(12,13)14/h2-5,16H,6-7,15H2,1H3. The van der Waals surface area contributed by atoms with E-state index in [1.807, 2.05) is 0 Å². The summed E-state index contributed by atoms with van der Waals surface area (Å²) in [6, 6.07) is 5.25. The molecule has 0 aliphatic carbocycles. The van der Waals surface area contributed by atoms with E-state index in [9.17, 15) is 13.2 Å². The highest BCUT2D eigenvalue weighted by Gasteiger charge is 2.34. The van der Waals surface area contributed by atoms with Gasteiger partial charge >= 0.3 is 6.18 Å². The van der Waals surface area contributed by atoms with Gasteiger partial charge in [0.2, 0.25) is 0 Å². The van der Waals surface area contributed by atoms with E-state index in [0.717, 1.165) is 6.07 Å². The van der Waals surface area contributed by atoms with Crippen molar-refractivity contribution in [2.24, 2.45) is 5.73 Å². The summed E-state index contributed by atoms with van der Waals surface area (Å²) in [5.74, 6) is 0. The van der Waals surface area contributed by atoms with Crippen LogP contribution in [0.15, 0.2) is 24.3 Å². The molecule has 90 valence electrons. The molecule has 0 heterocycles. The maximum absolute atomic E-state index is 12.6. The Morgan fingerprint density at radius 2 is 1.81 bits per heavy atom. The molecule has 1 rings (SSSR count). The van der Waals surface area contributed by atoms with Crippen molar-refractivity contribution in [1.29, 1.82) is 0 Å². The van der Waals surface area contributed by atoms with Gasteiger partial charge < -0.3 is 10.8 Å². The molecule has 0 saturated heterocycles. The minimum Gasteiger partial charge on any atom is -0.394 e. The number of aliphatic hydroxyl groups excluding tert-OH is 1. The maximum Gasteiger partial charge on any atom is 0.416 e. The first-order valence-electron chi connectivity index (χ1n) is 4.81. The predicted molar refractivity (Wildman–Crippen MR) is 54.8 cm³/mol. The van der Waals surface area contributed by atoms with Gasteiger partial charge in [0.05, 0.1) is 12.2 Å². The van der Waals surface area contributed by atoms with Crippen molar-refractivity contribution >= 4 is 0 Å². The van der Waals surface area contributed by atoms with Crippen LogP contribution in [-0.2, 0) is 12.6 Å². The van der Waals surface area contributed by atoms with Gasteiger partial charge in [0, 0.05) is 5.54 Å². The van der Waals surface area contributed by atoms with E-state index in [2.05, 4.69) is 0 Å². The van der Waals surface area contributed by atoms with Crippen molar-refractivity contribution in [3.8, 4) is 0 Å². The molecule has 2 nitrogen and oxygen atoms in total. The first-order valence-corrected chi connectivity index (χ1v) is 4.81. The first kappa shape index (κ1) is 13.0. The highest BCUT2D eigenvalue weighted by Crippen LogP contribution is 2.32. The second kappa shape index (κ2) is 4.43. The monoisotopic (exact) mass is 233 g/mol. The zero-order chi connectivity index (χ0) is 12.4. The molecule has 0 amide bonds. The van der Waals surface area contributed by atoms with Gasteiger partial charge in [0.1, 0.15) is 0 Å². The van der Waals surface area contributed by atoms with Gasteiger partial charge in [-0.1, -0.05) is 18.2 Å². The molecule has 0 spiro atoms. The van der Waals surface area contributed by atoms with Crippen LogP contribution in [0.25, 0.3) is 0 Å². The van der Waals surface area contributed by atoms with Crippen LogP contribution in [0.4, 0.5) is 13.2 Å². The number of rotatable bonds is 3. The van der Waals surface area contributed by atoms with E-state index in [4.69, 9.17) is 10.8 Å². The fraction of sp³-hybridized carbons (Fsp3) is 0.455. The van der Waals surface area contributed by atoms with Gasteiger partial charge in [-0.15, -0.1) is 0 Å². The number of hydrogen-bond acceptors (Lipinski definition) is 2. The third-order valence-corrected chi connectivity index (χ3v) is 2.28. The van der Waals surface area contributed by atoms with E-state index in [-0.39, 0.29) is 18.6 Å². The van der Waals surface area contributed by atoms with E-state index >= 15 is 0 Å². The van der Waals surface area contributed by atoms with Gasteiger partial charge in [0.15, 0.2) is 0 Å². The van der Waals surface area contributed by atoms with Crippen molar-refractivity contribution in [3.63, 3.8) is 0 Å². The van der Waals surface area contributed by atoms with Crippen LogP contribution < -0.4 is 5.73 Å².